The van der Waals surface area contributed by atoms with E-state index >= 15 is 0 Å². The van der Waals surface area contributed by atoms with Gasteiger partial charge in [0, 0.05) is 13.0 Å². The summed E-state index contributed by atoms with van der Waals surface area (Å²) in [5.74, 6) is -0.236. The molecule has 0 aromatic rings. The topological polar surface area (TPSA) is 46.6 Å². The maximum Gasteiger partial charge on any atom is 0.329 e. The minimum atomic E-state index is -0.486. The van der Waals surface area contributed by atoms with Crippen LogP contribution in [0.4, 0.5) is 0 Å². The van der Waals surface area contributed by atoms with E-state index in [1.807, 2.05) is 27.7 Å². The summed E-state index contributed by atoms with van der Waals surface area (Å²) in [5.41, 5.74) is -0.486. The number of hydrogen-bond acceptors (Lipinski definition) is 3. The average Bonchev–Trinajstić information content (AvgIpc) is 2.62. The van der Waals surface area contributed by atoms with Crippen LogP contribution in [0.25, 0.3) is 0 Å². The third kappa shape index (κ3) is 3.22. The molecular weight excluding hydrogens is 206 g/mol. The average molecular weight is 227 g/mol. The second kappa shape index (κ2) is 4.85. The lowest BCUT2D eigenvalue weighted by molar-refractivity contribution is -0.163. The highest BCUT2D eigenvalue weighted by Gasteiger charge is 2.35. The highest BCUT2D eigenvalue weighted by atomic mass is 16.6. The smallest absolute Gasteiger partial charge is 0.329 e. The van der Waals surface area contributed by atoms with Crippen molar-refractivity contribution < 1.29 is 14.3 Å². The fourth-order valence-electron chi connectivity index (χ4n) is 1.88. The molecule has 4 nitrogen and oxygen atoms in total. The number of ether oxygens (including phenoxy) is 1. The van der Waals surface area contributed by atoms with Crippen LogP contribution < -0.4 is 0 Å². The van der Waals surface area contributed by atoms with Crippen molar-refractivity contribution in [2.75, 3.05) is 6.54 Å². The molecule has 0 aromatic carbocycles. The first-order chi connectivity index (χ1) is 7.35. The number of rotatable bonds is 2. The van der Waals surface area contributed by atoms with Crippen LogP contribution in [0.1, 0.15) is 47.0 Å². The maximum absolute atomic E-state index is 11.9. The van der Waals surface area contributed by atoms with E-state index in [1.54, 1.807) is 4.90 Å². The molecule has 1 heterocycles. The summed E-state index contributed by atoms with van der Waals surface area (Å²) in [5, 5.41) is 0. The Hall–Kier alpha value is -1.06. The van der Waals surface area contributed by atoms with E-state index in [0.717, 1.165) is 12.8 Å². The van der Waals surface area contributed by atoms with Gasteiger partial charge in [-0.15, -0.1) is 0 Å². The van der Waals surface area contributed by atoms with Gasteiger partial charge in [0.25, 0.3) is 0 Å². The molecule has 0 spiro atoms. The van der Waals surface area contributed by atoms with Crippen LogP contribution in [0.3, 0.4) is 0 Å². The van der Waals surface area contributed by atoms with E-state index in [9.17, 15) is 9.59 Å². The Morgan fingerprint density at radius 1 is 1.38 bits per heavy atom. The molecule has 0 aromatic heterocycles. The Bertz CT molecular complexity index is 280. The first-order valence-electron chi connectivity index (χ1n) is 5.87. The summed E-state index contributed by atoms with van der Waals surface area (Å²) in [6.07, 6.45) is 2.05. The van der Waals surface area contributed by atoms with E-state index in [-0.39, 0.29) is 17.9 Å². The molecular formula is C12H21NO3. The molecule has 0 aliphatic carbocycles. The van der Waals surface area contributed by atoms with Gasteiger partial charge in [-0.3, -0.25) is 4.79 Å². The van der Waals surface area contributed by atoms with Gasteiger partial charge in [0.15, 0.2) is 0 Å². The standard InChI is InChI=1S/C12H21NO3/c1-5-10(14)13-8-6-7-9(13)11(15)16-12(2,3)4/h9H,5-8H2,1-4H3/t9-/m0/s1. The molecule has 0 radical (unpaired) electrons. The Labute approximate surface area is 96.9 Å². The quantitative estimate of drug-likeness (QED) is 0.675. The molecule has 0 N–H and O–H groups in total. The third-order valence-electron chi connectivity index (χ3n) is 2.55. The lowest BCUT2D eigenvalue weighted by atomic mass is 10.1. The molecule has 4 heteroatoms. The van der Waals surface area contributed by atoms with Crippen molar-refractivity contribution in [3.8, 4) is 0 Å². The van der Waals surface area contributed by atoms with Crippen molar-refractivity contribution in [2.45, 2.75) is 58.6 Å². The van der Waals surface area contributed by atoms with Crippen molar-refractivity contribution in [3.63, 3.8) is 0 Å². The first-order valence-corrected chi connectivity index (χ1v) is 5.87. The zero-order valence-corrected chi connectivity index (χ0v) is 10.6. The molecule has 0 saturated carbocycles. The van der Waals surface area contributed by atoms with E-state index in [1.165, 1.54) is 0 Å². The van der Waals surface area contributed by atoms with Crippen LogP contribution in [0.2, 0.25) is 0 Å². The van der Waals surface area contributed by atoms with E-state index in [2.05, 4.69) is 0 Å². The zero-order chi connectivity index (χ0) is 12.3. The summed E-state index contributed by atoms with van der Waals surface area (Å²) < 4.78 is 5.31. The molecule has 0 bridgehead atoms. The molecule has 0 unspecified atom stereocenters. The van der Waals surface area contributed by atoms with Crippen molar-refractivity contribution in [1.82, 2.24) is 4.90 Å². The highest BCUT2D eigenvalue weighted by molar-refractivity contribution is 5.85. The molecule has 1 fully saturated rings. The minimum Gasteiger partial charge on any atom is -0.458 e. The Kier molecular flexibility index (Phi) is 3.94. The van der Waals surface area contributed by atoms with Crippen LogP contribution in [-0.2, 0) is 14.3 Å². The second-order valence-corrected chi connectivity index (χ2v) is 5.13. The number of nitrogens with zero attached hydrogens (tertiary/aromatic N) is 1. The largest absolute Gasteiger partial charge is 0.458 e. The van der Waals surface area contributed by atoms with Crippen molar-refractivity contribution in [1.29, 1.82) is 0 Å². The van der Waals surface area contributed by atoms with E-state index in [4.69, 9.17) is 4.74 Å². The number of amides is 1. The van der Waals surface area contributed by atoms with Gasteiger partial charge in [-0.05, 0) is 33.6 Å². The van der Waals surface area contributed by atoms with Crippen LogP contribution in [0.15, 0.2) is 0 Å². The number of hydrogen-bond donors (Lipinski definition) is 0. The minimum absolute atomic E-state index is 0.0355. The van der Waals surface area contributed by atoms with Crippen molar-refractivity contribution in [3.05, 3.63) is 0 Å². The first kappa shape index (κ1) is 13.0. The van der Waals surface area contributed by atoms with Gasteiger partial charge < -0.3 is 9.64 Å². The van der Waals surface area contributed by atoms with Crippen LogP contribution in [-0.4, -0.2) is 35.0 Å². The summed E-state index contributed by atoms with van der Waals surface area (Å²) in [4.78, 5) is 25.1. The molecule has 92 valence electrons. The number of esters is 1. The van der Waals surface area contributed by atoms with Crippen molar-refractivity contribution in [2.24, 2.45) is 0 Å². The van der Waals surface area contributed by atoms with Gasteiger partial charge in [-0.25, -0.2) is 4.79 Å². The van der Waals surface area contributed by atoms with E-state index < -0.39 is 5.60 Å². The Morgan fingerprint density at radius 2 is 2.00 bits per heavy atom. The lowest BCUT2D eigenvalue weighted by Gasteiger charge is -2.27. The number of likely N-dealkylation sites (tertiary alicyclic amines) is 1. The molecule has 16 heavy (non-hydrogen) atoms. The van der Waals surface area contributed by atoms with Gasteiger partial charge >= 0.3 is 5.97 Å². The molecule has 1 aliphatic rings. The third-order valence-corrected chi connectivity index (χ3v) is 2.55. The fourth-order valence-corrected chi connectivity index (χ4v) is 1.88. The molecule has 1 rings (SSSR count). The van der Waals surface area contributed by atoms with Gasteiger partial charge in [-0.1, -0.05) is 6.92 Å². The fraction of sp³-hybridized carbons (Fsp3) is 0.833. The molecule has 1 saturated heterocycles. The van der Waals surface area contributed by atoms with Crippen LogP contribution in [0, 0.1) is 0 Å². The maximum atomic E-state index is 11.9. The summed E-state index contributed by atoms with van der Waals surface area (Å²) in [6.45, 7) is 8.01. The Morgan fingerprint density at radius 3 is 2.50 bits per heavy atom. The summed E-state index contributed by atoms with van der Waals surface area (Å²) in [7, 11) is 0. The normalized spacial score (nSPS) is 21.0. The van der Waals surface area contributed by atoms with Gasteiger partial charge in [0.05, 0.1) is 0 Å². The van der Waals surface area contributed by atoms with Crippen LogP contribution in [0.5, 0.6) is 0 Å². The number of carbonyl (C=O) groups excluding carboxylic acids is 2. The molecule has 1 atom stereocenters. The van der Waals surface area contributed by atoms with Crippen LogP contribution >= 0.6 is 0 Å². The number of carbonyl (C=O) groups is 2. The molecule has 1 amide bonds. The summed E-state index contributed by atoms with van der Waals surface area (Å²) in [6, 6.07) is -0.369. The van der Waals surface area contributed by atoms with Gasteiger partial charge in [0.1, 0.15) is 11.6 Å². The summed E-state index contributed by atoms with van der Waals surface area (Å²) >= 11 is 0. The Balaban J connectivity index is 2.65. The van der Waals surface area contributed by atoms with Crippen molar-refractivity contribution >= 4 is 11.9 Å². The predicted molar refractivity (Wildman–Crippen MR) is 60.9 cm³/mol. The monoisotopic (exact) mass is 227 g/mol. The van der Waals surface area contributed by atoms with E-state index in [0.29, 0.717) is 13.0 Å². The predicted octanol–water partition coefficient (Wildman–Crippen LogP) is 1.73. The molecule has 1 aliphatic heterocycles. The van der Waals surface area contributed by atoms with Gasteiger partial charge in [-0.2, -0.15) is 0 Å². The SMILES string of the molecule is CCC(=O)N1CCC[C@H]1C(=O)OC(C)(C)C. The second-order valence-electron chi connectivity index (χ2n) is 5.13. The highest BCUT2D eigenvalue weighted by Crippen LogP contribution is 2.21. The van der Waals surface area contributed by atoms with Gasteiger partial charge in [0.2, 0.25) is 5.91 Å². The zero-order valence-electron chi connectivity index (χ0n) is 10.6. The lowest BCUT2D eigenvalue weighted by Crippen LogP contribution is -2.43.